The number of aryl methyl sites for hydroxylation is 1. The molecule has 1 unspecified atom stereocenters. The van der Waals surface area contributed by atoms with Crippen molar-refractivity contribution in [2.24, 2.45) is 5.92 Å². The summed E-state index contributed by atoms with van der Waals surface area (Å²) < 4.78 is 0. The normalized spacial score (nSPS) is 12.8. The highest BCUT2D eigenvalue weighted by Gasteiger charge is 2.08. The van der Waals surface area contributed by atoms with Crippen molar-refractivity contribution in [1.29, 1.82) is 0 Å². The maximum atomic E-state index is 10.2. The van der Waals surface area contributed by atoms with Crippen molar-refractivity contribution >= 4 is 11.3 Å². The summed E-state index contributed by atoms with van der Waals surface area (Å²) in [5.41, 5.74) is 3.34. The van der Waals surface area contributed by atoms with Gasteiger partial charge < -0.3 is 10.4 Å². The summed E-state index contributed by atoms with van der Waals surface area (Å²) in [7, 11) is 0. The Morgan fingerprint density at radius 2 is 1.95 bits per heavy atom. The second-order valence-electron chi connectivity index (χ2n) is 5.87. The molecule has 0 bridgehead atoms. The van der Waals surface area contributed by atoms with Crippen LogP contribution in [-0.2, 0) is 13.0 Å². The van der Waals surface area contributed by atoms with Gasteiger partial charge in [0.1, 0.15) is 5.01 Å². The van der Waals surface area contributed by atoms with Crippen LogP contribution >= 0.6 is 11.3 Å². The van der Waals surface area contributed by atoms with E-state index < -0.39 is 6.10 Å². The predicted octanol–water partition coefficient (Wildman–Crippen LogP) is 3.47. The fraction of sp³-hybridized carbons (Fsp3) is 0.471. The Kier molecular flexibility index (Phi) is 5.91. The summed E-state index contributed by atoms with van der Waals surface area (Å²) in [6.45, 7) is 7.68. The van der Waals surface area contributed by atoms with Crippen LogP contribution in [0.15, 0.2) is 29.6 Å². The first-order valence-electron chi connectivity index (χ1n) is 7.43. The molecule has 21 heavy (non-hydrogen) atoms. The zero-order chi connectivity index (χ0) is 15.2. The third-order valence-corrected chi connectivity index (χ3v) is 4.26. The number of benzene rings is 1. The molecule has 4 heteroatoms. The lowest BCUT2D eigenvalue weighted by Gasteiger charge is -2.13. The van der Waals surface area contributed by atoms with Crippen LogP contribution in [0.4, 0.5) is 0 Å². The molecule has 1 aromatic heterocycles. The van der Waals surface area contributed by atoms with E-state index in [1.807, 2.05) is 24.4 Å². The van der Waals surface area contributed by atoms with Crippen LogP contribution in [0.25, 0.3) is 0 Å². The number of nitrogens with zero attached hydrogens (tertiary/aromatic N) is 1. The Labute approximate surface area is 131 Å². The van der Waals surface area contributed by atoms with Crippen molar-refractivity contribution in [3.05, 3.63) is 51.5 Å². The summed E-state index contributed by atoms with van der Waals surface area (Å²) in [4.78, 5) is 4.39. The minimum atomic E-state index is -0.473. The maximum absolute atomic E-state index is 10.2. The smallest absolute Gasteiger partial charge is 0.107 e. The van der Waals surface area contributed by atoms with Crippen molar-refractivity contribution in [3.63, 3.8) is 0 Å². The summed E-state index contributed by atoms with van der Waals surface area (Å²) in [6, 6.07) is 8.28. The Morgan fingerprint density at radius 1 is 1.24 bits per heavy atom. The number of hydrogen-bond donors (Lipinski definition) is 2. The average Bonchev–Trinajstić information content (AvgIpc) is 2.84. The first-order valence-corrected chi connectivity index (χ1v) is 8.31. The molecule has 0 aliphatic carbocycles. The molecule has 0 aliphatic rings. The first kappa shape index (κ1) is 16.1. The van der Waals surface area contributed by atoms with Crippen molar-refractivity contribution in [2.75, 3.05) is 6.54 Å². The van der Waals surface area contributed by atoms with E-state index in [4.69, 9.17) is 0 Å². The number of thiazole rings is 1. The van der Waals surface area contributed by atoms with Gasteiger partial charge in [-0.15, -0.1) is 11.3 Å². The van der Waals surface area contributed by atoms with Gasteiger partial charge in [-0.1, -0.05) is 38.1 Å². The Morgan fingerprint density at radius 3 is 2.52 bits per heavy atom. The predicted molar refractivity (Wildman–Crippen MR) is 88.5 cm³/mol. The van der Waals surface area contributed by atoms with Crippen LogP contribution in [0.5, 0.6) is 0 Å². The Balaban J connectivity index is 1.81. The number of aromatic nitrogens is 1. The van der Waals surface area contributed by atoms with E-state index in [2.05, 4.69) is 36.3 Å². The van der Waals surface area contributed by atoms with Crippen molar-refractivity contribution in [3.8, 4) is 0 Å². The molecule has 1 heterocycles. The second-order valence-corrected chi connectivity index (χ2v) is 6.81. The minimum absolute atomic E-state index is 0.473. The van der Waals surface area contributed by atoms with Gasteiger partial charge in [-0.3, -0.25) is 0 Å². The van der Waals surface area contributed by atoms with Gasteiger partial charge >= 0.3 is 0 Å². The molecule has 0 saturated heterocycles. The van der Waals surface area contributed by atoms with Gasteiger partial charge in [-0.2, -0.15) is 0 Å². The molecular formula is C17H24N2OS. The molecule has 0 aliphatic heterocycles. The fourth-order valence-electron chi connectivity index (χ4n) is 2.26. The Hall–Kier alpha value is -1.23. The molecule has 1 atom stereocenters. The molecule has 3 nitrogen and oxygen atoms in total. The quantitative estimate of drug-likeness (QED) is 0.823. The van der Waals surface area contributed by atoms with E-state index in [0.29, 0.717) is 19.0 Å². The van der Waals surface area contributed by atoms with E-state index in [-0.39, 0.29) is 0 Å². The molecule has 114 valence electrons. The minimum Gasteiger partial charge on any atom is -0.387 e. The summed E-state index contributed by atoms with van der Waals surface area (Å²) >= 11 is 1.65. The SMILES string of the molecule is Cc1csc(CNCC(O)c2ccc(CC(C)C)cc2)n1. The molecule has 2 N–H and O–H groups in total. The van der Waals surface area contributed by atoms with Gasteiger partial charge in [-0.25, -0.2) is 4.98 Å². The van der Waals surface area contributed by atoms with Gasteiger partial charge in [0.15, 0.2) is 0 Å². The van der Waals surface area contributed by atoms with Gasteiger partial charge in [0.25, 0.3) is 0 Å². The topological polar surface area (TPSA) is 45.1 Å². The second kappa shape index (κ2) is 7.69. The van der Waals surface area contributed by atoms with Crippen LogP contribution in [0, 0.1) is 12.8 Å². The fourth-order valence-corrected chi connectivity index (χ4v) is 3.01. The first-order chi connectivity index (χ1) is 10.0. The highest BCUT2D eigenvalue weighted by atomic mass is 32.1. The maximum Gasteiger partial charge on any atom is 0.107 e. The van der Waals surface area contributed by atoms with Crippen LogP contribution in [0.1, 0.15) is 41.8 Å². The van der Waals surface area contributed by atoms with Crippen molar-refractivity contribution < 1.29 is 5.11 Å². The number of aliphatic hydroxyl groups is 1. The molecule has 2 rings (SSSR count). The van der Waals surface area contributed by atoms with E-state index in [9.17, 15) is 5.11 Å². The summed E-state index contributed by atoms with van der Waals surface area (Å²) in [5, 5.41) is 16.6. The van der Waals surface area contributed by atoms with Crippen LogP contribution in [0.3, 0.4) is 0 Å². The van der Waals surface area contributed by atoms with Gasteiger partial charge in [0.2, 0.25) is 0 Å². The molecular weight excluding hydrogens is 280 g/mol. The molecule has 1 aromatic carbocycles. The van der Waals surface area contributed by atoms with Gasteiger partial charge in [-0.05, 0) is 30.4 Å². The molecule has 0 radical (unpaired) electrons. The van der Waals surface area contributed by atoms with Gasteiger partial charge in [0.05, 0.1) is 6.10 Å². The van der Waals surface area contributed by atoms with Gasteiger partial charge in [0, 0.05) is 24.2 Å². The van der Waals surface area contributed by atoms with Crippen LogP contribution in [0.2, 0.25) is 0 Å². The zero-order valence-corrected chi connectivity index (χ0v) is 13.8. The number of rotatable bonds is 7. The third kappa shape index (κ3) is 5.23. The number of nitrogens with one attached hydrogen (secondary N) is 1. The lowest BCUT2D eigenvalue weighted by atomic mass is 10.0. The monoisotopic (exact) mass is 304 g/mol. The van der Waals surface area contributed by atoms with E-state index in [0.717, 1.165) is 22.7 Å². The van der Waals surface area contributed by atoms with E-state index >= 15 is 0 Å². The lowest BCUT2D eigenvalue weighted by molar-refractivity contribution is 0.174. The summed E-state index contributed by atoms with van der Waals surface area (Å²) in [6.07, 6.45) is 0.608. The van der Waals surface area contributed by atoms with Crippen molar-refractivity contribution in [2.45, 2.75) is 39.8 Å². The average molecular weight is 304 g/mol. The standard InChI is InChI=1S/C17H24N2OS/c1-12(2)8-14-4-6-15(7-5-14)16(20)9-18-10-17-19-13(3)11-21-17/h4-7,11-12,16,18,20H,8-10H2,1-3H3. The molecule has 2 aromatic rings. The molecule has 0 spiro atoms. The zero-order valence-electron chi connectivity index (χ0n) is 13.0. The summed E-state index contributed by atoms with van der Waals surface area (Å²) in [5.74, 6) is 0.657. The lowest BCUT2D eigenvalue weighted by Crippen LogP contribution is -2.21. The van der Waals surface area contributed by atoms with Crippen LogP contribution < -0.4 is 5.32 Å². The van der Waals surface area contributed by atoms with E-state index in [1.165, 1.54) is 5.56 Å². The van der Waals surface area contributed by atoms with Crippen LogP contribution in [-0.4, -0.2) is 16.6 Å². The van der Waals surface area contributed by atoms with E-state index in [1.54, 1.807) is 11.3 Å². The molecule has 0 saturated carbocycles. The largest absolute Gasteiger partial charge is 0.387 e. The Bertz CT molecular complexity index is 548. The number of hydrogen-bond acceptors (Lipinski definition) is 4. The number of aliphatic hydroxyl groups excluding tert-OH is 1. The van der Waals surface area contributed by atoms with Crippen molar-refractivity contribution in [1.82, 2.24) is 10.3 Å². The highest BCUT2D eigenvalue weighted by Crippen LogP contribution is 2.16. The molecule has 0 amide bonds. The molecule has 0 fully saturated rings. The highest BCUT2D eigenvalue weighted by molar-refractivity contribution is 7.09. The third-order valence-electron chi connectivity index (χ3n) is 3.29.